The largest absolute Gasteiger partial charge is 0.481 e. The summed E-state index contributed by atoms with van der Waals surface area (Å²) >= 11 is 0. The Labute approximate surface area is 96.1 Å². The van der Waals surface area contributed by atoms with Gasteiger partial charge in [0.15, 0.2) is 0 Å². The molecule has 0 saturated carbocycles. The Morgan fingerprint density at radius 2 is 1.88 bits per heavy atom. The molecule has 3 nitrogen and oxygen atoms in total. The summed E-state index contributed by atoms with van der Waals surface area (Å²) < 4.78 is 5.40. The molecule has 0 spiro atoms. The van der Waals surface area contributed by atoms with Crippen LogP contribution in [0.15, 0.2) is 24.3 Å². The van der Waals surface area contributed by atoms with Crippen molar-refractivity contribution in [1.82, 2.24) is 0 Å². The summed E-state index contributed by atoms with van der Waals surface area (Å²) in [5.41, 5.74) is 1.90. The van der Waals surface area contributed by atoms with Gasteiger partial charge in [-0.3, -0.25) is 4.79 Å². The van der Waals surface area contributed by atoms with Crippen molar-refractivity contribution < 1.29 is 14.6 Å². The van der Waals surface area contributed by atoms with Crippen LogP contribution in [-0.4, -0.2) is 18.2 Å². The highest BCUT2D eigenvalue weighted by molar-refractivity contribution is 5.70. The van der Waals surface area contributed by atoms with Gasteiger partial charge in [-0.1, -0.05) is 38.1 Å². The number of carboxylic acids is 1. The average molecular weight is 222 g/mol. The van der Waals surface area contributed by atoms with Gasteiger partial charge in [0.1, 0.15) is 0 Å². The van der Waals surface area contributed by atoms with Crippen molar-refractivity contribution in [3.8, 4) is 0 Å². The number of aliphatic carboxylic acids is 1. The van der Waals surface area contributed by atoms with Gasteiger partial charge in [0.2, 0.25) is 0 Å². The van der Waals surface area contributed by atoms with Gasteiger partial charge in [-0.05, 0) is 17.0 Å². The molecule has 0 amide bonds. The number of benzene rings is 1. The zero-order chi connectivity index (χ0) is 12.1. The highest BCUT2D eigenvalue weighted by Crippen LogP contribution is 2.25. The zero-order valence-electron chi connectivity index (χ0n) is 9.93. The van der Waals surface area contributed by atoms with Gasteiger partial charge in [0.25, 0.3) is 0 Å². The molecule has 1 rings (SSSR count). The predicted molar refractivity (Wildman–Crippen MR) is 62.4 cm³/mol. The van der Waals surface area contributed by atoms with Crippen molar-refractivity contribution >= 4 is 5.97 Å². The highest BCUT2D eigenvalue weighted by Gasteiger charge is 2.14. The highest BCUT2D eigenvalue weighted by atomic mass is 16.5. The summed E-state index contributed by atoms with van der Waals surface area (Å²) in [5, 5.41) is 8.66. The van der Waals surface area contributed by atoms with E-state index < -0.39 is 5.97 Å². The van der Waals surface area contributed by atoms with E-state index in [4.69, 9.17) is 9.84 Å². The van der Waals surface area contributed by atoms with Crippen LogP contribution in [0.25, 0.3) is 0 Å². The van der Waals surface area contributed by atoms with Crippen LogP contribution < -0.4 is 0 Å². The maximum Gasteiger partial charge on any atom is 0.307 e. The molecule has 1 atom stereocenters. The number of carboxylic acid groups (broad SMARTS) is 1. The summed E-state index contributed by atoms with van der Waals surface area (Å²) in [6.07, 6.45) is 0.137. The molecule has 1 aromatic carbocycles. The molecule has 0 aromatic heterocycles. The topological polar surface area (TPSA) is 46.5 Å². The lowest BCUT2D eigenvalue weighted by atomic mass is 9.97. The minimum Gasteiger partial charge on any atom is -0.481 e. The molecule has 1 unspecified atom stereocenters. The van der Waals surface area contributed by atoms with E-state index in [0.717, 1.165) is 11.1 Å². The van der Waals surface area contributed by atoms with E-state index in [2.05, 4.69) is 13.8 Å². The van der Waals surface area contributed by atoms with Crippen LogP contribution in [0.4, 0.5) is 0 Å². The molecule has 0 aliphatic rings. The molecule has 0 aliphatic carbocycles. The van der Waals surface area contributed by atoms with E-state index in [1.165, 1.54) is 0 Å². The van der Waals surface area contributed by atoms with E-state index in [9.17, 15) is 4.79 Å². The maximum absolute atomic E-state index is 10.5. The first-order chi connectivity index (χ1) is 7.54. The standard InChI is InChI=1S/C13H18O3/c1-9(2)13(16-3)11-6-4-10(5-7-11)8-12(14)15/h4-7,9,13H,8H2,1-3H3,(H,14,15). The number of hydrogen-bond acceptors (Lipinski definition) is 2. The van der Waals surface area contributed by atoms with Gasteiger partial charge < -0.3 is 9.84 Å². The third kappa shape index (κ3) is 3.35. The van der Waals surface area contributed by atoms with Crippen LogP contribution in [0.5, 0.6) is 0 Å². The van der Waals surface area contributed by atoms with Crippen molar-refractivity contribution in [1.29, 1.82) is 0 Å². The van der Waals surface area contributed by atoms with Gasteiger partial charge >= 0.3 is 5.97 Å². The minimum absolute atomic E-state index is 0.0684. The lowest BCUT2D eigenvalue weighted by molar-refractivity contribution is -0.136. The number of methoxy groups -OCH3 is 1. The van der Waals surface area contributed by atoms with E-state index in [1.807, 2.05) is 24.3 Å². The molecular formula is C13H18O3. The van der Waals surface area contributed by atoms with E-state index in [1.54, 1.807) is 7.11 Å². The van der Waals surface area contributed by atoms with Crippen molar-refractivity contribution in [3.63, 3.8) is 0 Å². The number of hydrogen-bond donors (Lipinski definition) is 1. The van der Waals surface area contributed by atoms with E-state index >= 15 is 0 Å². The average Bonchev–Trinajstić information content (AvgIpc) is 2.20. The first-order valence-electron chi connectivity index (χ1n) is 5.38. The van der Waals surface area contributed by atoms with Gasteiger partial charge in [0.05, 0.1) is 12.5 Å². The minimum atomic E-state index is -0.806. The Kier molecular flexibility index (Phi) is 4.50. The van der Waals surface area contributed by atoms with E-state index in [-0.39, 0.29) is 12.5 Å². The van der Waals surface area contributed by atoms with Crippen molar-refractivity contribution in [2.75, 3.05) is 7.11 Å². The molecule has 1 N–H and O–H groups in total. The fourth-order valence-corrected chi connectivity index (χ4v) is 1.79. The number of rotatable bonds is 5. The molecule has 0 saturated heterocycles. The number of ether oxygens (including phenoxy) is 1. The van der Waals surface area contributed by atoms with Gasteiger partial charge in [-0.15, -0.1) is 0 Å². The molecule has 0 heterocycles. The fraction of sp³-hybridized carbons (Fsp3) is 0.462. The zero-order valence-corrected chi connectivity index (χ0v) is 9.93. The van der Waals surface area contributed by atoms with Crippen LogP contribution in [-0.2, 0) is 16.0 Å². The van der Waals surface area contributed by atoms with Crippen LogP contribution in [0, 0.1) is 5.92 Å². The Balaban J connectivity index is 2.80. The summed E-state index contributed by atoms with van der Waals surface area (Å²) in [5.74, 6) is -0.407. The molecule has 0 aliphatic heterocycles. The monoisotopic (exact) mass is 222 g/mol. The first-order valence-corrected chi connectivity index (χ1v) is 5.38. The lowest BCUT2D eigenvalue weighted by Gasteiger charge is -2.19. The van der Waals surface area contributed by atoms with Crippen molar-refractivity contribution in [2.45, 2.75) is 26.4 Å². The number of carbonyl (C=O) groups is 1. The van der Waals surface area contributed by atoms with Crippen LogP contribution in [0.1, 0.15) is 31.1 Å². The molecular weight excluding hydrogens is 204 g/mol. The first kappa shape index (κ1) is 12.7. The smallest absolute Gasteiger partial charge is 0.307 e. The van der Waals surface area contributed by atoms with E-state index in [0.29, 0.717) is 5.92 Å². The molecule has 0 radical (unpaired) electrons. The van der Waals surface area contributed by atoms with Crippen molar-refractivity contribution in [3.05, 3.63) is 35.4 Å². The van der Waals surface area contributed by atoms with Gasteiger partial charge in [-0.2, -0.15) is 0 Å². The second kappa shape index (κ2) is 5.66. The predicted octanol–water partition coefficient (Wildman–Crippen LogP) is 2.66. The SMILES string of the molecule is COC(c1ccc(CC(=O)O)cc1)C(C)C. The summed E-state index contributed by atoms with van der Waals surface area (Å²) in [4.78, 5) is 10.5. The molecule has 3 heteroatoms. The Bertz CT molecular complexity index is 341. The third-order valence-corrected chi connectivity index (χ3v) is 2.52. The summed E-state index contributed by atoms with van der Waals surface area (Å²) in [6, 6.07) is 7.56. The van der Waals surface area contributed by atoms with Gasteiger partial charge in [0, 0.05) is 7.11 Å². The van der Waals surface area contributed by atoms with Crippen LogP contribution in [0.3, 0.4) is 0 Å². The third-order valence-electron chi connectivity index (χ3n) is 2.52. The second-order valence-corrected chi connectivity index (χ2v) is 4.21. The Morgan fingerprint density at radius 3 is 2.25 bits per heavy atom. The maximum atomic E-state index is 10.5. The van der Waals surface area contributed by atoms with Crippen LogP contribution in [0.2, 0.25) is 0 Å². The van der Waals surface area contributed by atoms with Gasteiger partial charge in [-0.25, -0.2) is 0 Å². The molecule has 0 bridgehead atoms. The van der Waals surface area contributed by atoms with Crippen molar-refractivity contribution in [2.24, 2.45) is 5.92 Å². The molecule has 88 valence electrons. The fourth-order valence-electron chi connectivity index (χ4n) is 1.79. The summed E-state index contributed by atoms with van der Waals surface area (Å²) in [7, 11) is 1.69. The molecule has 1 aromatic rings. The summed E-state index contributed by atoms with van der Waals surface area (Å²) in [6.45, 7) is 4.19. The second-order valence-electron chi connectivity index (χ2n) is 4.21. The Hall–Kier alpha value is -1.35. The molecule has 0 fully saturated rings. The molecule has 16 heavy (non-hydrogen) atoms. The normalized spacial score (nSPS) is 12.8. The lowest BCUT2D eigenvalue weighted by Crippen LogP contribution is -2.09. The quantitative estimate of drug-likeness (QED) is 0.833. The Morgan fingerprint density at radius 1 is 1.31 bits per heavy atom. The van der Waals surface area contributed by atoms with Crippen LogP contribution >= 0.6 is 0 Å².